The van der Waals surface area contributed by atoms with Gasteiger partial charge in [0.15, 0.2) is 0 Å². The number of pyridine rings is 1. The Hall–Kier alpha value is -2.96. The van der Waals surface area contributed by atoms with Crippen molar-refractivity contribution in [1.82, 2.24) is 4.98 Å². The largest absolute Gasteiger partial charge is 0.481 e. The molecule has 0 saturated heterocycles. The van der Waals surface area contributed by atoms with Gasteiger partial charge in [0.1, 0.15) is 11.6 Å². The molecular weight excluding hydrogens is 327 g/mol. The fraction of sp³-hybridized carbons (Fsp3) is 0.278. The third-order valence-electron chi connectivity index (χ3n) is 4.09. The molecule has 7 heteroatoms. The van der Waals surface area contributed by atoms with Crippen molar-refractivity contribution in [2.45, 2.75) is 19.3 Å². The molecule has 1 aliphatic rings. The predicted molar refractivity (Wildman–Crippen MR) is 87.8 cm³/mol. The monoisotopic (exact) mass is 344 g/mol. The molecule has 0 unspecified atom stereocenters. The molecule has 1 saturated carbocycles. The van der Waals surface area contributed by atoms with E-state index in [1.54, 1.807) is 18.2 Å². The van der Waals surface area contributed by atoms with Crippen LogP contribution in [0.15, 0.2) is 42.6 Å². The van der Waals surface area contributed by atoms with Gasteiger partial charge < -0.3 is 15.2 Å². The Balaban J connectivity index is 1.51. The number of aromatic nitrogens is 1. The summed E-state index contributed by atoms with van der Waals surface area (Å²) < 4.78 is 18.5. The highest BCUT2D eigenvalue weighted by Gasteiger charge is 2.35. The normalized spacial score (nSPS) is 18.9. The van der Waals surface area contributed by atoms with Crippen LogP contribution in [-0.4, -0.2) is 22.0 Å². The van der Waals surface area contributed by atoms with Gasteiger partial charge in [-0.3, -0.25) is 9.59 Å². The van der Waals surface area contributed by atoms with Gasteiger partial charge >= 0.3 is 5.97 Å². The Bertz CT molecular complexity index is 773. The quantitative estimate of drug-likeness (QED) is 0.838. The Morgan fingerprint density at radius 2 is 2.08 bits per heavy atom. The number of anilines is 1. The van der Waals surface area contributed by atoms with Gasteiger partial charge in [0, 0.05) is 24.5 Å². The molecule has 0 bridgehead atoms. The standard InChI is InChI=1S/C18H17FN2O4/c19-13-2-1-3-15(9-13)25-16-5-4-14(10-20-16)21-18(24)12-6-11(7-12)8-17(22)23/h1-5,9-12H,6-8H2,(H,21,24)(H,22,23). The third kappa shape index (κ3) is 4.53. The van der Waals surface area contributed by atoms with Crippen LogP contribution in [0.4, 0.5) is 10.1 Å². The molecular formula is C18H17FN2O4. The number of carbonyl (C=O) groups excluding carboxylic acids is 1. The van der Waals surface area contributed by atoms with Gasteiger partial charge in [0.05, 0.1) is 11.9 Å². The lowest BCUT2D eigenvalue weighted by atomic mass is 9.73. The number of nitrogens with one attached hydrogen (secondary N) is 1. The summed E-state index contributed by atoms with van der Waals surface area (Å²) in [7, 11) is 0. The summed E-state index contributed by atoms with van der Waals surface area (Å²) in [4.78, 5) is 26.8. The van der Waals surface area contributed by atoms with Crippen LogP contribution in [0.2, 0.25) is 0 Å². The van der Waals surface area contributed by atoms with Crippen molar-refractivity contribution < 1.29 is 23.8 Å². The molecule has 1 aromatic heterocycles. The van der Waals surface area contributed by atoms with Crippen LogP contribution in [0.1, 0.15) is 19.3 Å². The summed E-state index contributed by atoms with van der Waals surface area (Å²) in [6.07, 6.45) is 2.75. The van der Waals surface area contributed by atoms with Crippen molar-refractivity contribution >= 4 is 17.6 Å². The maximum Gasteiger partial charge on any atom is 0.303 e. The number of ether oxygens (including phenoxy) is 1. The zero-order chi connectivity index (χ0) is 17.8. The second-order valence-corrected chi connectivity index (χ2v) is 6.07. The lowest BCUT2D eigenvalue weighted by molar-refractivity contribution is -0.140. The van der Waals surface area contributed by atoms with Gasteiger partial charge in [-0.2, -0.15) is 0 Å². The van der Waals surface area contributed by atoms with Gasteiger partial charge in [0.25, 0.3) is 0 Å². The first-order valence-corrected chi connectivity index (χ1v) is 7.92. The van der Waals surface area contributed by atoms with E-state index in [2.05, 4.69) is 10.3 Å². The van der Waals surface area contributed by atoms with E-state index < -0.39 is 11.8 Å². The number of carboxylic acids is 1. The topological polar surface area (TPSA) is 88.5 Å². The van der Waals surface area contributed by atoms with Gasteiger partial charge in [-0.1, -0.05) is 6.07 Å². The molecule has 1 heterocycles. The smallest absolute Gasteiger partial charge is 0.303 e. The first kappa shape index (κ1) is 16.9. The molecule has 130 valence electrons. The van der Waals surface area contributed by atoms with Crippen molar-refractivity contribution in [3.8, 4) is 11.6 Å². The number of hydrogen-bond acceptors (Lipinski definition) is 4. The number of aliphatic carboxylic acids is 1. The van der Waals surface area contributed by atoms with Crippen LogP contribution in [0.3, 0.4) is 0 Å². The second-order valence-electron chi connectivity index (χ2n) is 6.07. The maximum atomic E-state index is 13.1. The highest BCUT2D eigenvalue weighted by atomic mass is 19.1. The molecule has 0 radical (unpaired) electrons. The van der Waals surface area contributed by atoms with Gasteiger partial charge in [-0.25, -0.2) is 9.37 Å². The fourth-order valence-electron chi connectivity index (χ4n) is 2.77. The summed E-state index contributed by atoms with van der Waals surface area (Å²) in [5.41, 5.74) is 0.526. The van der Waals surface area contributed by atoms with E-state index in [-0.39, 0.29) is 30.0 Å². The van der Waals surface area contributed by atoms with Crippen LogP contribution >= 0.6 is 0 Å². The average Bonchev–Trinajstić information content (AvgIpc) is 2.52. The van der Waals surface area contributed by atoms with Crippen molar-refractivity contribution in [2.75, 3.05) is 5.32 Å². The van der Waals surface area contributed by atoms with E-state index in [0.717, 1.165) is 0 Å². The Morgan fingerprint density at radius 1 is 1.28 bits per heavy atom. The number of carbonyl (C=O) groups is 2. The number of halogens is 1. The first-order chi connectivity index (χ1) is 12.0. The van der Waals surface area contributed by atoms with Crippen LogP contribution in [0.5, 0.6) is 11.6 Å². The number of nitrogens with zero attached hydrogens (tertiary/aromatic N) is 1. The number of rotatable bonds is 6. The van der Waals surface area contributed by atoms with E-state index in [1.165, 1.54) is 24.4 Å². The van der Waals surface area contributed by atoms with Crippen LogP contribution < -0.4 is 10.1 Å². The van der Waals surface area contributed by atoms with Crippen molar-refractivity contribution in [3.05, 3.63) is 48.4 Å². The molecule has 2 aromatic rings. The first-order valence-electron chi connectivity index (χ1n) is 7.92. The van der Waals surface area contributed by atoms with E-state index in [1.807, 2.05) is 0 Å². The van der Waals surface area contributed by atoms with Crippen LogP contribution in [0.25, 0.3) is 0 Å². The number of carboxylic acid groups (broad SMARTS) is 1. The van der Waals surface area contributed by atoms with Gasteiger partial charge in [-0.05, 0) is 37.0 Å². The zero-order valence-corrected chi connectivity index (χ0v) is 13.3. The molecule has 1 aromatic carbocycles. The molecule has 1 amide bonds. The predicted octanol–water partition coefficient (Wildman–Crippen LogP) is 3.45. The zero-order valence-electron chi connectivity index (χ0n) is 13.3. The summed E-state index contributed by atoms with van der Waals surface area (Å²) in [6, 6.07) is 8.95. The third-order valence-corrected chi connectivity index (χ3v) is 4.09. The summed E-state index contributed by atoms with van der Waals surface area (Å²) in [5, 5.41) is 11.5. The highest BCUT2D eigenvalue weighted by Crippen LogP contribution is 2.36. The lowest BCUT2D eigenvalue weighted by Gasteiger charge is -2.33. The molecule has 0 spiro atoms. The molecule has 1 fully saturated rings. The minimum Gasteiger partial charge on any atom is -0.481 e. The van der Waals surface area contributed by atoms with Gasteiger partial charge in [-0.15, -0.1) is 0 Å². The number of hydrogen-bond donors (Lipinski definition) is 2. The van der Waals surface area contributed by atoms with Crippen LogP contribution in [-0.2, 0) is 9.59 Å². The molecule has 1 aliphatic carbocycles. The second kappa shape index (κ2) is 7.29. The highest BCUT2D eigenvalue weighted by molar-refractivity contribution is 5.93. The Morgan fingerprint density at radius 3 is 2.72 bits per heavy atom. The minimum atomic E-state index is -0.832. The Kier molecular flexibility index (Phi) is 4.92. The molecule has 25 heavy (non-hydrogen) atoms. The Labute approximate surface area is 143 Å². The molecule has 0 aliphatic heterocycles. The van der Waals surface area contributed by atoms with Crippen molar-refractivity contribution in [1.29, 1.82) is 0 Å². The van der Waals surface area contributed by atoms with E-state index >= 15 is 0 Å². The average molecular weight is 344 g/mol. The minimum absolute atomic E-state index is 0.0772. The van der Waals surface area contributed by atoms with E-state index in [0.29, 0.717) is 24.3 Å². The van der Waals surface area contributed by atoms with Crippen LogP contribution in [0, 0.1) is 17.7 Å². The summed E-state index contributed by atoms with van der Waals surface area (Å²) >= 11 is 0. The molecule has 3 rings (SSSR count). The molecule has 0 atom stereocenters. The molecule has 2 N–H and O–H groups in total. The lowest BCUT2D eigenvalue weighted by Crippen LogP contribution is -2.35. The summed E-state index contributed by atoms with van der Waals surface area (Å²) in [5.74, 6) is -0.828. The SMILES string of the molecule is O=C(O)CC1CC(C(=O)Nc2ccc(Oc3cccc(F)c3)nc2)C1. The van der Waals surface area contributed by atoms with Crippen molar-refractivity contribution in [3.63, 3.8) is 0 Å². The number of benzene rings is 1. The molecule has 6 nitrogen and oxygen atoms in total. The van der Waals surface area contributed by atoms with E-state index in [4.69, 9.17) is 9.84 Å². The fourth-order valence-corrected chi connectivity index (χ4v) is 2.77. The number of amides is 1. The maximum absolute atomic E-state index is 13.1. The van der Waals surface area contributed by atoms with Crippen molar-refractivity contribution in [2.24, 2.45) is 11.8 Å². The van der Waals surface area contributed by atoms with Gasteiger partial charge in [0.2, 0.25) is 11.8 Å². The van der Waals surface area contributed by atoms with E-state index in [9.17, 15) is 14.0 Å². The summed E-state index contributed by atoms with van der Waals surface area (Å²) in [6.45, 7) is 0.